The zero-order chi connectivity index (χ0) is 42.7. The third-order valence-electron chi connectivity index (χ3n) is 12.8. The molecule has 15 nitrogen and oxygen atoms in total. The Morgan fingerprint density at radius 1 is 1.02 bits per heavy atom. The molecule has 322 valence electrons. The van der Waals surface area contributed by atoms with Crippen LogP contribution in [0.1, 0.15) is 87.5 Å². The first-order valence-corrected chi connectivity index (χ1v) is 20.8. The van der Waals surface area contributed by atoms with Crippen LogP contribution in [0, 0.1) is 23.7 Å². The molecule has 0 bridgehead atoms. The van der Waals surface area contributed by atoms with E-state index in [0.29, 0.717) is 32.4 Å². The Morgan fingerprint density at radius 3 is 2.36 bits per heavy atom. The number of nitrogens with zero attached hydrogens (tertiary/aromatic N) is 5. The Hall–Kier alpha value is -3.76. The van der Waals surface area contributed by atoms with Gasteiger partial charge in [0.15, 0.2) is 17.7 Å². The lowest BCUT2D eigenvalue weighted by atomic mass is 9.73. The van der Waals surface area contributed by atoms with Crippen molar-refractivity contribution in [2.45, 2.75) is 148 Å². The van der Waals surface area contributed by atoms with Gasteiger partial charge in [-0.1, -0.05) is 27.7 Å². The van der Waals surface area contributed by atoms with Gasteiger partial charge in [-0.15, -0.1) is 0 Å². The number of esters is 1. The van der Waals surface area contributed by atoms with Crippen LogP contribution in [0.15, 0.2) is 37.1 Å². The maximum absolute atomic E-state index is 14.7. The van der Waals surface area contributed by atoms with Gasteiger partial charge in [0.1, 0.15) is 23.9 Å². The summed E-state index contributed by atoms with van der Waals surface area (Å²) < 4.78 is 33.2. The number of amides is 1. The highest BCUT2D eigenvalue weighted by molar-refractivity contribution is 6.00. The lowest BCUT2D eigenvalue weighted by Gasteiger charge is -2.47. The molecule has 0 saturated carbocycles. The van der Waals surface area contributed by atoms with Gasteiger partial charge in [-0.25, -0.2) is 9.78 Å². The highest BCUT2D eigenvalue weighted by atomic mass is 16.7. The fourth-order valence-corrected chi connectivity index (χ4v) is 9.43. The Bertz CT molecular complexity index is 1740. The average Bonchev–Trinajstić information content (AvgIpc) is 3.78. The van der Waals surface area contributed by atoms with Crippen LogP contribution in [-0.2, 0) is 44.6 Å². The molecule has 3 aliphatic heterocycles. The summed E-state index contributed by atoms with van der Waals surface area (Å²) in [5.41, 5.74) is -0.938. The largest absolute Gasteiger partial charge is 0.458 e. The van der Waals surface area contributed by atoms with E-state index in [0.717, 1.165) is 11.3 Å². The zero-order valence-electron chi connectivity index (χ0n) is 36.1. The lowest BCUT2D eigenvalue weighted by Crippen LogP contribution is -2.60. The second kappa shape index (κ2) is 18.7. The third kappa shape index (κ3) is 9.33. The van der Waals surface area contributed by atoms with E-state index < -0.39 is 83.4 Å². The van der Waals surface area contributed by atoms with Crippen molar-refractivity contribution in [1.29, 1.82) is 0 Å². The number of Topliss-reactive ketones (excluding diaryl/α,β-unsaturated/α-hetero) is 2. The van der Waals surface area contributed by atoms with Crippen molar-refractivity contribution >= 4 is 23.6 Å². The van der Waals surface area contributed by atoms with Crippen LogP contribution >= 0.6 is 0 Å². The van der Waals surface area contributed by atoms with Crippen LogP contribution in [0.3, 0.4) is 0 Å². The Balaban J connectivity index is 1.43. The topological polar surface area (TPSA) is 172 Å². The van der Waals surface area contributed by atoms with Crippen molar-refractivity contribution in [3.05, 3.63) is 37.1 Å². The number of imidazole rings is 1. The molecule has 0 radical (unpaired) electrons. The number of carbonyl (C=O) groups excluding carboxylic acids is 4. The van der Waals surface area contributed by atoms with Gasteiger partial charge in [0.2, 0.25) is 0 Å². The maximum atomic E-state index is 14.7. The van der Waals surface area contributed by atoms with Gasteiger partial charge < -0.3 is 43.2 Å². The summed E-state index contributed by atoms with van der Waals surface area (Å²) in [6, 6.07) is 2.74. The predicted octanol–water partition coefficient (Wildman–Crippen LogP) is 4.93. The number of unbranched alkanes of at least 4 members (excludes halogenated alkanes) is 1. The van der Waals surface area contributed by atoms with Gasteiger partial charge >= 0.3 is 12.1 Å². The molecule has 2 aromatic rings. The number of hydrogen-bond donors (Lipinski definition) is 1. The van der Waals surface area contributed by atoms with Crippen LogP contribution in [-0.4, -0.2) is 135 Å². The first-order valence-electron chi connectivity index (χ1n) is 20.8. The normalized spacial score (nSPS) is 36.7. The van der Waals surface area contributed by atoms with Crippen LogP contribution in [0.25, 0.3) is 11.3 Å². The SMILES string of the molecule is CCC1OC(=O)[C@H](C)C(=O)[C@H](C)[C@@H](O[C@@H]2OC(C)C[C@H](N(C)C)C2O)C(C)(OC)C[C@@H](C)C(=O)[C@H](C)[C@H]2N(CCCCn3cnc(-c4cccnc4)c3)C(=O)O[C@]12C. The van der Waals surface area contributed by atoms with E-state index in [2.05, 4.69) is 9.97 Å². The highest BCUT2D eigenvalue weighted by Crippen LogP contribution is 2.43. The number of hydrogen-bond acceptors (Lipinski definition) is 13. The molecule has 0 aromatic carbocycles. The molecular weight excluding hydrogens is 746 g/mol. The fourth-order valence-electron chi connectivity index (χ4n) is 9.43. The molecule has 2 aromatic heterocycles. The van der Waals surface area contributed by atoms with Gasteiger partial charge in [0.25, 0.3) is 0 Å². The second-order valence-corrected chi connectivity index (χ2v) is 17.3. The molecule has 0 spiro atoms. The highest BCUT2D eigenvalue weighted by Gasteiger charge is 2.60. The number of carbonyl (C=O) groups is 4. The van der Waals surface area contributed by atoms with E-state index >= 15 is 0 Å². The molecule has 5 rings (SSSR count). The Morgan fingerprint density at radius 2 is 1.72 bits per heavy atom. The first kappa shape index (κ1) is 45.3. The molecule has 58 heavy (non-hydrogen) atoms. The fraction of sp³-hybridized carbons (Fsp3) is 0.721. The molecular formula is C43H65N5O10. The van der Waals surface area contributed by atoms with E-state index in [9.17, 15) is 24.3 Å². The van der Waals surface area contributed by atoms with Crippen LogP contribution in [0.5, 0.6) is 0 Å². The molecule has 3 aliphatic rings. The molecule has 1 amide bonds. The molecule has 1 N–H and O–H groups in total. The molecule has 3 fully saturated rings. The van der Waals surface area contributed by atoms with E-state index in [4.69, 9.17) is 23.7 Å². The van der Waals surface area contributed by atoms with Crippen LogP contribution in [0.2, 0.25) is 0 Å². The third-order valence-corrected chi connectivity index (χ3v) is 12.8. The summed E-state index contributed by atoms with van der Waals surface area (Å²) in [5, 5.41) is 11.4. The van der Waals surface area contributed by atoms with E-state index in [-0.39, 0.29) is 30.8 Å². The second-order valence-electron chi connectivity index (χ2n) is 17.3. The summed E-state index contributed by atoms with van der Waals surface area (Å²) in [4.78, 5) is 69.0. The predicted molar refractivity (Wildman–Crippen MR) is 214 cm³/mol. The minimum absolute atomic E-state index is 0.130. The number of aryl methyl sites for hydroxylation is 1. The number of fused-ring (bicyclic) bond motifs is 1. The maximum Gasteiger partial charge on any atom is 0.410 e. The molecule has 0 aliphatic carbocycles. The van der Waals surface area contributed by atoms with Crippen molar-refractivity contribution in [3.8, 4) is 11.3 Å². The minimum Gasteiger partial charge on any atom is -0.458 e. The van der Waals surface area contributed by atoms with E-state index in [1.165, 1.54) is 14.0 Å². The smallest absolute Gasteiger partial charge is 0.410 e. The summed E-state index contributed by atoms with van der Waals surface area (Å²) >= 11 is 0. The van der Waals surface area contributed by atoms with Gasteiger partial charge in [0.05, 0.1) is 35.9 Å². The standard InChI is InChI=1S/C43H65N5O10/c1-12-33-43(8)37(48(41(53)58-43)19-14-13-18-47-23-31(45-24-47)30-16-15-17-44-22-30)27(4)34(49)25(2)21-42(7,54-11)38(28(5)35(50)29(6)39(52)56-33)57-40-36(51)32(46(9)10)20-26(3)55-40/h15-17,22-29,32-33,36-38,40,51H,12-14,18-21H2,1-11H3/t25-,26?,27+,28+,29-,32+,33?,36?,37-,38-,40+,42?,43-/m1/s1. The van der Waals surface area contributed by atoms with Crippen molar-refractivity contribution in [1.82, 2.24) is 24.3 Å². The molecule has 15 heteroatoms. The van der Waals surface area contributed by atoms with Gasteiger partial charge in [-0.3, -0.25) is 19.4 Å². The number of cyclic esters (lactones) is 1. The number of aromatic nitrogens is 3. The number of ether oxygens (including phenoxy) is 5. The summed E-state index contributed by atoms with van der Waals surface area (Å²) in [6.45, 7) is 14.9. The number of ketones is 2. The van der Waals surface area contributed by atoms with E-state index in [1.54, 1.807) is 51.3 Å². The number of likely N-dealkylation sites (N-methyl/N-ethyl adjacent to an activating group) is 1. The van der Waals surface area contributed by atoms with Gasteiger partial charge in [0, 0.05) is 68.1 Å². The Kier molecular flexibility index (Phi) is 14.6. The molecule has 13 atom stereocenters. The summed E-state index contributed by atoms with van der Waals surface area (Å²) in [5.74, 6) is -4.95. The number of aliphatic hydroxyl groups is 1. The van der Waals surface area contributed by atoms with Gasteiger partial charge in [-0.2, -0.15) is 0 Å². The molecule has 3 saturated heterocycles. The monoisotopic (exact) mass is 811 g/mol. The number of aliphatic hydroxyl groups excluding tert-OH is 1. The number of pyridine rings is 1. The van der Waals surface area contributed by atoms with Crippen molar-refractivity contribution in [3.63, 3.8) is 0 Å². The average molecular weight is 812 g/mol. The van der Waals surface area contributed by atoms with Crippen LogP contribution in [0.4, 0.5) is 4.79 Å². The zero-order valence-corrected chi connectivity index (χ0v) is 36.1. The Labute approximate surface area is 343 Å². The van der Waals surface area contributed by atoms with Crippen molar-refractivity contribution < 1.29 is 48.0 Å². The van der Waals surface area contributed by atoms with Crippen molar-refractivity contribution in [2.75, 3.05) is 27.7 Å². The minimum atomic E-state index is -1.40. The van der Waals surface area contributed by atoms with Crippen molar-refractivity contribution in [2.24, 2.45) is 23.7 Å². The quantitative estimate of drug-likeness (QED) is 0.184. The van der Waals surface area contributed by atoms with Gasteiger partial charge in [-0.05, 0) is 86.0 Å². The van der Waals surface area contributed by atoms with Crippen LogP contribution < -0.4 is 0 Å². The number of rotatable bonds is 11. The van der Waals surface area contributed by atoms with E-state index in [1.807, 2.05) is 62.7 Å². The summed E-state index contributed by atoms with van der Waals surface area (Å²) in [7, 11) is 5.24. The summed E-state index contributed by atoms with van der Waals surface area (Å²) in [6.07, 6.45) is 4.45. The first-order chi connectivity index (χ1) is 27.4. The number of methoxy groups -OCH3 is 1. The lowest BCUT2D eigenvalue weighted by molar-refractivity contribution is -0.295. The molecule has 5 heterocycles. The molecule has 4 unspecified atom stereocenters.